The molecular weight excluding hydrogens is 537 g/mol. The van der Waals surface area contributed by atoms with Gasteiger partial charge in [-0.2, -0.15) is 0 Å². The van der Waals surface area contributed by atoms with E-state index in [-0.39, 0.29) is 32.0 Å². The number of halogens is 2. The third-order valence-electron chi connectivity index (χ3n) is 4.67. The van der Waals surface area contributed by atoms with Gasteiger partial charge in [0.05, 0.1) is 39.7 Å². The van der Waals surface area contributed by atoms with Crippen LogP contribution in [0, 0.1) is 0 Å². The number of benzene rings is 3. The van der Waals surface area contributed by atoms with E-state index in [1.165, 1.54) is 55.6 Å². The summed E-state index contributed by atoms with van der Waals surface area (Å²) in [5.74, 6) is -0.196. The molecule has 1 amide bonds. The number of hydrogen-bond acceptors (Lipinski definition) is 6. The highest BCUT2D eigenvalue weighted by molar-refractivity contribution is 7.92. The lowest BCUT2D eigenvalue weighted by Gasteiger charge is -2.22. The minimum absolute atomic E-state index is 0.0630. The van der Waals surface area contributed by atoms with Crippen molar-refractivity contribution in [2.24, 2.45) is 0 Å². The fourth-order valence-electron chi connectivity index (χ4n) is 3.00. The number of amides is 1. The molecule has 0 bridgehead atoms. The predicted molar refractivity (Wildman–Crippen MR) is 138 cm³/mol. The maximum atomic E-state index is 12.7. The van der Waals surface area contributed by atoms with Crippen LogP contribution in [0.3, 0.4) is 0 Å². The van der Waals surface area contributed by atoms with Crippen molar-refractivity contribution < 1.29 is 26.4 Å². The summed E-state index contributed by atoms with van der Waals surface area (Å²) in [7, 11) is -6.32. The maximum Gasteiger partial charge on any atom is 0.261 e. The summed E-state index contributed by atoms with van der Waals surface area (Å²) in [6, 6.07) is 16.2. The zero-order chi connectivity index (χ0) is 25.8. The summed E-state index contributed by atoms with van der Waals surface area (Å²) in [6.45, 7) is -0.499. The Morgan fingerprint density at radius 2 is 1.63 bits per heavy atom. The molecule has 0 aliphatic carbocycles. The smallest absolute Gasteiger partial charge is 0.261 e. The summed E-state index contributed by atoms with van der Waals surface area (Å²) < 4.78 is 58.3. The van der Waals surface area contributed by atoms with Gasteiger partial charge in [0.25, 0.3) is 10.0 Å². The second-order valence-corrected chi connectivity index (χ2v) is 11.6. The molecule has 13 heteroatoms. The van der Waals surface area contributed by atoms with Gasteiger partial charge in [-0.05, 0) is 48.5 Å². The third kappa shape index (κ3) is 6.79. The van der Waals surface area contributed by atoms with Crippen molar-refractivity contribution >= 4 is 66.2 Å². The normalized spacial score (nSPS) is 11.5. The molecular formula is C22H21Cl2N3O6S2. The summed E-state index contributed by atoms with van der Waals surface area (Å²) in [4.78, 5) is 12.5. The van der Waals surface area contributed by atoms with Crippen LogP contribution >= 0.6 is 23.2 Å². The van der Waals surface area contributed by atoms with Gasteiger partial charge >= 0.3 is 0 Å². The molecule has 0 radical (unpaired) electrons. The van der Waals surface area contributed by atoms with Crippen molar-refractivity contribution in [2.75, 3.05) is 34.3 Å². The monoisotopic (exact) mass is 557 g/mol. The van der Waals surface area contributed by atoms with Crippen molar-refractivity contribution in [3.8, 4) is 5.75 Å². The Kier molecular flexibility index (Phi) is 8.16. The Morgan fingerprint density at radius 3 is 2.26 bits per heavy atom. The number of carbonyl (C=O) groups excluding carboxylic acids is 1. The van der Waals surface area contributed by atoms with Crippen molar-refractivity contribution in [3.63, 3.8) is 0 Å². The molecule has 0 saturated heterocycles. The van der Waals surface area contributed by atoms with E-state index in [1.54, 1.807) is 18.2 Å². The molecule has 2 N–H and O–H groups in total. The highest BCUT2D eigenvalue weighted by atomic mass is 35.5. The van der Waals surface area contributed by atoms with E-state index in [4.69, 9.17) is 27.9 Å². The molecule has 9 nitrogen and oxygen atoms in total. The number of carbonyl (C=O) groups is 1. The summed E-state index contributed by atoms with van der Waals surface area (Å²) in [5, 5.41) is 2.82. The Hall–Kier alpha value is -2.99. The number of nitrogens with zero attached hydrogens (tertiary/aromatic N) is 1. The molecule has 3 aromatic rings. The number of anilines is 3. The lowest BCUT2D eigenvalue weighted by Crippen LogP contribution is -2.37. The zero-order valence-corrected chi connectivity index (χ0v) is 21.7. The molecule has 3 aromatic carbocycles. The average molecular weight is 558 g/mol. The van der Waals surface area contributed by atoms with Gasteiger partial charge in [-0.1, -0.05) is 35.3 Å². The van der Waals surface area contributed by atoms with Crippen LogP contribution in [0.15, 0.2) is 71.6 Å². The number of hydrogen-bond donors (Lipinski definition) is 2. The first-order valence-corrected chi connectivity index (χ1v) is 14.0. The topological polar surface area (TPSA) is 122 Å². The van der Waals surface area contributed by atoms with Crippen molar-refractivity contribution in [2.45, 2.75) is 4.90 Å². The molecule has 0 unspecified atom stereocenters. The van der Waals surface area contributed by atoms with Crippen LogP contribution < -0.4 is 19.1 Å². The average Bonchev–Trinajstić information content (AvgIpc) is 2.80. The molecule has 0 aliphatic rings. The van der Waals surface area contributed by atoms with E-state index in [2.05, 4.69) is 10.0 Å². The van der Waals surface area contributed by atoms with Gasteiger partial charge in [0.2, 0.25) is 15.9 Å². The van der Waals surface area contributed by atoms with Gasteiger partial charge in [-0.3, -0.25) is 13.8 Å². The molecule has 0 aliphatic heterocycles. The van der Waals surface area contributed by atoms with Crippen molar-refractivity contribution in [1.82, 2.24) is 0 Å². The second-order valence-electron chi connectivity index (χ2n) is 7.25. The summed E-state index contributed by atoms with van der Waals surface area (Å²) in [5.41, 5.74) is 0.651. The van der Waals surface area contributed by atoms with Gasteiger partial charge in [0, 0.05) is 11.8 Å². The Morgan fingerprint density at radius 1 is 0.971 bits per heavy atom. The maximum absolute atomic E-state index is 12.7. The number of sulfonamides is 2. The van der Waals surface area contributed by atoms with Gasteiger partial charge in [0.1, 0.15) is 12.3 Å². The molecule has 0 spiro atoms. The Balaban J connectivity index is 1.73. The first-order chi connectivity index (χ1) is 16.4. The molecule has 35 heavy (non-hydrogen) atoms. The minimum atomic E-state index is -3.98. The first-order valence-electron chi connectivity index (χ1n) is 9.89. The Labute approximate surface area is 213 Å². The van der Waals surface area contributed by atoms with Gasteiger partial charge in [-0.15, -0.1) is 0 Å². The lowest BCUT2D eigenvalue weighted by atomic mass is 10.3. The molecule has 3 rings (SSSR count). The third-order valence-corrected chi connectivity index (χ3v) is 8.01. The highest BCUT2D eigenvalue weighted by Crippen LogP contribution is 2.31. The number of nitrogens with one attached hydrogen (secondary N) is 2. The molecule has 0 heterocycles. The second kappa shape index (κ2) is 10.7. The van der Waals surface area contributed by atoms with Gasteiger partial charge < -0.3 is 10.1 Å². The van der Waals surface area contributed by atoms with E-state index in [0.29, 0.717) is 5.75 Å². The van der Waals surface area contributed by atoms with Crippen molar-refractivity contribution in [3.05, 3.63) is 76.8 Å². The summed E-state index contributed by atoms with van der Waals surface area (Å²) >= 11 is 12.0. The van der Waals surface area contributed by atoms with Crippen LogP contribution in [-0.4, -0.2) is 42.7 Å². The number of methoxy groups -OCH3 is 1. The predicted octanol–water partition coefficient (Wildman–Crippen LogP) is 4.21. The van der Waals surface area contributed by atoms with Crippen LogP contribution in [-0.2, 0) is 24.8 Å². The van der Waals surface area contributed by atoms with E-state index < -0.39 is 32.5 Å². The molecule has 0 atom stereocenters. The van der Waals surface area contributed by atoms with Crippen LogP contribution in [0.4, 0.5) is 17.1 Å². The van der Waals surface area contributed by atoms with E-state index in [9.17, 15) is 21.6 Å². The van der Waals surface area contributed by atoms with E-state index in [0.717, 1.165) is 10.6 Å². The molecule has 0 saturated carbocycles. The quantitative estimate of drug-likeness (QED) is 0.406. The zero-order valence-electron chi connectivity index (χ0n) is 18.5. The summed E-state index contributed by atoms with van der Waals surface area (Å²) in [6.07, 6.45) is 0.985. The van der Waals surface area contributed by atoms with Gasteiger partial charge in [0.15, 0.2) is 0 Å². The fourth-order valence-corrected chi connectivity index (χ4v) is 5.32. The van der Waals surface area contributed by atoms with Crippen LogP contribution in [0.1, 0.15) is 0 Å². The van der Waals surface area contributed by atoms with Crippen LogP contribution in [0.5, 0.6) is 5.75 Å². The fraction of sp³-hybridized carbons (Fsp3) is 0.136. The first kappa shape index (κ1) is 26.6. The number of rotatable bonds is 9. The number of ether oxygens (including phenoxy) is 1. The van der Waals surface area contributed by atoms with Crippen LogP contribution in [0.25, 0.3) is 0 Å². The van der Waals surface area contributed by atoms with Gasteiger partial charge in [-0.25, -0.2) is 16.8 Å². The molecule has 0 aromatic heterocycles. The van der Waals surface area contributed by atoms with Crippen LogP contribution in [0.2, 0.25) is 10.0 Å². The lowest BCUT2D eigenvalue weighted by molar-refractivity contribution is -0.114. The largest absolute Gasteiger partial charge is 0.497 e. The van der Waals surface area contributed by atoms with Crippen molar-refractivity contribution in [1.29, 1.82) is 0 Å². The Bertz CT molecular complexity index is 1450. The minimum Gasteiger partial charge on any atom is -0.497 e. The standard InChI is InChI=1S/C22H21Cl2N3O6S2/c1-33-17-6-3-5-16(13-17)27(34(2,29)30)14-21(28)25-15-9-11-18(12-10-15)35(31,32)26-20-8-4-7-19(23)22(20)24/h3-13,26H,14H2,1-2H3,(H,25,28). The molecule has 186 valence electrons. The highest BCUT2D eigenvalue weighted by Gasteiger charge is 2.22. The molecule has 0 fully saturated rings. The SMILES string of the molecule is COc1cccc(N(CC(=O)Nc2ccc(S(=O)(=O)Nc3cccc(Cl)c3Cl)cc2)S(C)(=O)=O)c1. The van der Waals surface area contributed by atoms with E-state index in [1.807, 2.05) is 0 Å². The van der Waals surface area contributed by atoms with E-state index >= 15 is 0 Å².